The lowest BCUT2D eigenvalue weighted by Gasteiger charge is -2.04. The van der Waals surface area contributed by atoms with Crippen LogP contribution < -0.4 is 0 Å². The van der Waals surface area contributed by atoms with Crippen molar-refractivity contribution in [2.75, 3.05) is 0 Å². The number of pyridine rings is 1. The molecule has 0 fully saturated rings. The Morgan fingerprint density at radius 2 is 2.00 bits per heavy atom. The molecular formula is C12H7BrN2O3. The smallest absolute Gasteiger partial charge is 0.281 e. The maximum absolute atomic E-state index is 12.2. The standard InChI is InChI=1S/C12H7BrN2O3/c13-8-4-3-6-10(15(17)18)11(8)12(16)9-5-1-2-7-14-9/h1-7H. The van der Waals surface area contributed by atoms with Crippen molar-refractivity contribution in [3.05, 3.63) is 68.4 Å². The first kappa shape index (κ1) is 12.4. The highest BCUT2D eigenvalue weighted by Crippen LogP contribution is 2.28. The summed E-state index contributed by atoms with van der Waals surface area (Å²) in [5.74, 6) is -0.477. The number of nitro benzene ring substituents is 1. The average molecular weight is 307 g/mol. The summed E-state index contributed by atoms with van der Waals surface area (Å²) in [6.45, 7) is 0. The molecular weight excluding hydrogens is 300 g/mol. The van der Waals surface area contributed by atoms with Gasteiger partial charge in [0, 0.05) is 16.7 Å². The summed E-state index contributed by atoms with van der Waals surface area (Å²) in [5.41, 5.74) is -0.0475. The molecule has 0 unspecified atom stereocenters. The molecule has 0 saturated carbocycles. The van der Waals surface area contributed by atoms with Crippen LogP contribution in [0.5, 0.6) is 0 Å². The number of halogens is 1. The van der Waals surface area contributed by atoms with E-state index in [4.69, 9.17) is 0 Å². The zero-order valence-electron chi connectivity index (χ0n) is 9.04. The van der Waals surface area contributed by atoms with Crippen LogP contribution in [0.15, 0.2) is 47.1 Å². The molecule has 90 valence electrons. The van der Waals surface area contributed by atoms with E-state index >= 15 is 0 Å². The summed E-state index contributed by atoms with van der Waals surface area (Å²) in [6.07, 6.45) is 1.47. The Labute approximate surface area is 111 Å². The molecule has 6 heteroatoms. The molecule has 0 saturated heterocycles. The summed E-state index contributed by atoms with van der Waals surface area (Å²) in [6, 6.07) is 9.24. The largest absolute Gasteiger partial charge is 0.287 e. The van der Waals surface area contributed by atoms with Crippen molar-refractivity contribution < 1.29 is 9.72 Å². The van der Waals surface area contributed by atoms with E-state index in [-0.39, 0.29) is 16.9 Å². The van der Waals surface area contributed by atoms with Gasteiger partial charge in [-0.05, 0) is 34.1 Å². The first-order valence-electron chi connectivity index (χ1n) is 5.00. The topological polar surface area (TPSA) is 73.1 Å². The fourth-order valence-corrected chi connectivity index (χ4v) is 2.05. The summed E-state index contributed by atoms with van der Waals surface area (Å²) >= 11 is 3.16. The third kappa shape index (κ3) is 2.28. The van der Waals surface area contributed by atoms with Crippen LogP contribution in [0.25, 0.3) is 0 Å². The maximum atomic E-state index is 12.2. The highest BCUT2D eigenvalue weighted by Gasteiger charge is 2.24. The van der Waals surface area contributed by atoms with Crippen LogP contribution in [-0.4, -0.2) is 15.7 Å². The van der Waals surface area contributed by atoms with Gasteiger partial charge < -0.3 is 0 Å². The molecule has 2 aromatic rings. The minimum absolute atomic E-state index is 0.0150. The highest BCUT2D eigenvalue weighted by atomic mass is 79.9. The van der Waals surface area contributed by atoms with Gasteiger partial charge in [0.2, 0.25) is 5.78 Å². The van der Waals surface area contributed by atoms with Gasteiger partial charge in [-0.1, -0.05) is 12.1 Å². The Hall–Kier alpha value is -2.08. The van der Waals surface area contributed by atoms with Gasteiger partial charge in [0.15, 0.2) is 0 Å². The van der Waals surface area contributed by atoms with Gasteiger partial charge in [0.1, 0.15) is 11.3 Å². The number of aromatic nitrogens is 1. The van der Waals surface area contributed by atoms with Gasteiger partial charge in [0.25, 0.3) is 5.69 Å². The number of nitro groups is 1. The van der Waals surface area contributed by atoms with Gasteiger partial charge in [-0.25, -0.2) is 0 Å². The Balaban J connectivity index is 2.58. The molecule has 0 atom stereocenters. The van der Waals surface area contributed by atoms with Gasteiger partial charge in [-0.2, -0.15) is 0 Å². The van der Waals surface area contributed by atoms with E-state index < -0.39 is 10.7 Å². The average Bonchev–Trinajstić information content (AvgIpc) is 2.38. The lowest BCUT2D eigenvalue weighted by Crippen LogP contribution is -2.08. The minimum atomic E-state index is -0.582. The van der Waals surface area contributed by atoms with E-state index in [1.807, 2.05) is 0 Å². The lowest BCUT2D eigenvalue weighted by atomic mass is 10.1. The fourth-order valence-electron chi connectivity index (χ4n) is 1.51. The van der Waals surface area contributed by atoms with E-state index in [0.29, 0.717) is 4.47 Å². The molecule has 0 spiro atoms. The normalized spacial score (nSPS) is 10.1. The molecule has 0 aliphatic heterocycles. The van der Waals surface area contributed by atoms with Gasteiger partial charge in [0.05, 0.1) is 4.92 Å². The molecule has 0 aliphatic rings. The molecule has 1 heterocycles. The molecule has 0 N–H and O–H groups in total. The van der Waals surface area contributed by atoms with Gasteiger partial charge >= 0.3 is 0 Å². The molecule has 1 aromatic heterocycles. The zero-order chi connectivity index (χ0) is 13.1. The number of benzene rings is 1. The van der Waals surface area contributed by atoms with Crippen molar-refractivity contribution in [3.63, 3.8) is 0 Å². The highest BCUT2D eigenvalue weighted by molar-refractivity contribution is 9.10. The van der Waals surface area contributed by atoms with E-state index in [0.717, 1.165) is 0 Å². The van der Waals surface area contributed by atoms with Crippen LogP contribution in [0, 0.1) is 10.1 Å². The summed E-state index contributed by atoms with van der Waals surface area (Å²) < 4.78 is 0.382. The van der Waals surface area contributed by atoms with Crippen molar-refractivity contribution in [1.29, 1.82) is 0 Å². The number of rotatable bonds is 3. The molecule has 0 radical (unpaired) electrons. The van der Waals surface area contributed by atoms with E-state index in [1.165, 1.54) is 24.4 Å². The van der Waals surface area contributed by atoms with Crippen LogP contribution in [-0.2, 0) is 0 Å². The first-order chi connectivity index (χ1) is 8.61. The van der Waals surface area contributed by atoms with E-state index in [1.54, 1.807) is 18.2 Å². The van der Waals surface area contributed by atoms with Gasteiger partial charge in [-0.3, -0.25) is 19.9 Å². The number of nitrogens with zero attached hydrogens (tertiary/aromatic N) is 2. The second-order valence-corrected chi connectivity index (χ2v) is 4.29. The molecule has 18 heavy (non-hydrogen) atoms. The second kappa shape index (κ2) is 5.05. The molecule has 2 rings (SSSR count). The quantitative estimate of drug-likeness (QED) is 0.496. The predicted molar refractivity (Wildman–Crippen MR) is 68.5 cm³/mol. The molecule has 0 amide bonds. The number of hydrogen-bond acceptors (Lipinski definition) is 4. The zero-order valence-corrected chi connectivity index (χ0v) is 10.6. The van der Waals surface area contributed by atoms with Crippen LogP contribution in [0.4, 0.5) is 5.69 Å². The van der Waals surface area contributed by atoms with E-state index in [9.17, 15) is 14.9 Å². The number of carbonyl (C=O) groups is 1. The lowest BCUT2D eigenvalue weighted by molar-refractivity contribution is -0.385. The van der Waals surface area contributed by atoms with Crippen LogP contribution >= 0.6 is 15.9 Å². The third-order valence-electron chi connectivity index (χ3n) is 2.31. The minimum Gasteiger partial charge on any atom is -0.287 e. The van der Waals surface area contributed by atoms with E-state index in [2.05, 4.69) is 20.9 Å². The maximum Gasteiger partial charge on any atom is 0.281 e. The summed E-state index contributed by atoms with van der Waals surface area (Å²) in [7, 11) is 0. The summed E-state index contributed by atoms with van der Waals surface area (Å²) in [4.78, 5) is 26.4. The monoisotopic (exact) mass is 306 g/mol. The number of carbonyl (C=O) groups excluding carboxylic acids is 1. The molecule has 0 aliphatic carbocycles. The van der Waals surface area contributed by atoms with Crippen molar-refractivity contribution in [2.45, 2.75) is 0 Å². The van der Waals surface area contributed by atoms with Crippen LogP contribution in [0.1, 0.15) is 16.1 Å². The second-order valence-electron chi connectivity index (χ2n) is 3.44. The van der Waals surface area contributed by atoms with Gasteiger partial charge in [-0.15, -0.1) is 0 Å². The first-order valence-corrected chi connectivity index (χ1v) is 5.79. The number of hydrogen-bond donors (Lipinski definition) is 0. The molecule has 1 aromatic carbocycles. The Kier molecular flexibility index (Phi) is 3.47. The molecule has 0 bridgehead atoms. The molecule has 5 nitrogen and oxygen atoms in total. The van der Waals surface area contributed by atoms with Crippen LogP contribution in [0.2, 0.25) is 0 Å². The predicted octanol–water partition coefficient (Wildman–Crippen LogP) is 2.98. The van der Waals surface area contributed by atoms with Crippen molar-refractivity contribution in [2.24, 2.45) is 0 Å². The summed E-state index contributed by atoms with van der Waals surface area (Å²) in [5, 5.41) is 10.9. The van der Waals surface area contributed by atoms with Crippen LogP contribution in [0.3, 0.4) is 0 Å². The third-order valence-corrected chi connectivity index (χ3v) is 2.97. The Morgan fingerprint density at radius 1 is 1.22 bits per heavy atom. The van der Waals surface area contributed by atoms with Crippen molar-refractivity contribution >= 4 is 27.4 Å². The number of ketones is 1. The SMILES string of the molecule is O=C(c1ccccn1)c1c(Br)cccc1[N+](=O)[O-]. The Morgan fingerprint density at radius 3 is 2.61 bits per heavy atom. The Bertz CT molecular complexity index is 614. The van der Waals surface area contributed by atoms with Crippen molar-refractivity contribution in [1.82, 2.24) is 4.98 Å². The fraction of sp³-hybridized carbons (Fsp3) is 0. The van der Waals surface area contributed by atoms with Crippen molar-refractivity contribution in [3.8, 4) is 0 Å².